The van der Waals surface area contributed by atoms with E-state index in [4.69, 9.17) is 10.2 Å². The Morgan fingerprint density at radius 3 is 2.60 bits per heavy atom. The van der Waals surface area contributed by atoms with Crippen LogP contribution < -0.4 is 5.14 Å². The van der Waals surface area contributed by atoms with Crippen molar-refractivity contribution in [2.24, 2.45) is 11.1 Å². The van der Waals surface area contributed by atoms with Gasteiger partial charge in [-0.2, -0.15) is 5.21 Å². The highest BCUT2D eigenvalue weighted by Crippen LogP contribution is 2.35. The lowest BCUT2D eigenvalue weighted by Gasteiger charge is -2.16. The van der Waals surface area contributed by atoms with Crippen molar-refractivity contribution >= 4 is 16.0 Å². The van der Waals surface area contributed by atoms with Gasteiger partial charge in [-0.15, -0.1) is 10.2 Å². The molecule has 1 aliphatic heterocycles. The molecule has 1 fully saturated rings. The van der Waals surface area contributed by atoms with Crippen molar-refractivity contribution in [3.63, 3.8) is 0 Å². The first kappa shape index (κ1) is 20.1. The van der Waals surface area contributed by atoms with Crippen LogP contribution >= 0.6 is 0 Å². The Balaban J connectivity index is 1.64. The number of likely N-dealkylation sites (tertiary alicyclic amines) is 1. The van der Waals surface area contributed by atoms with E-state index in [1.165, 1.54) is 6.07 Å². The summed E-state index contributed by atoms with van der Waals surface area (Å²) < 4.78 is 24.2. The Hall–Kier alpha value is -3.15. The second kappa shape index (κ2) is 7.94. The number of sulfonamides is 1. The molecular weight excluding hydrogens is 408 g/mol. The molecule has 10 nitrogen and oxygen atoms in total. The van der Waals surface area contributed by atoms with Crippen LogP contribution in [0.15, 0.2) is 47.4 Å². The number of hydrogen-bond donors (Lipinski definition) is 3. The van der Waals surface area contributed by atoms with E-state index in [0.717, 1.165) is 17.7 Å². The summed E-state index contributed by atoms with van der Waals surface area (Å²) in [7, 11) is -4.00. The molecule has 3 aromatic rings. The summed E-state index contributed by atoms with van der Waals surface area (Å²) in [5.74, 6) is -0.935. The van der Waals surface area contributed by atoms with Crippen LogP contribution in [-0.2, 0) is 21.4 Å². The number of H-pyrrole nitrogens is 1. The highest BCUT2D eigenvalue weighted by molar-refractivity contribution is 7.89. The molecule has 0 radical (unpaired) electrons. The SMILES string of the molecule is NS(=O)(=O)c1cccc(-c2ccc(CN3CCC(C(=O)O)C3)cc2)c1-c1nn[nH]n1. The molecule has 1 aromatic heterocycles. The van der Waals surface area contributed by atoms with Crippen LogP contribution in [0.1, 0.15) is 12.0 Å². The smallest absolute Gasteiger partial charge is 0.307 e. The molecule has 0 aliphatic carbocycles. The predicted octanol–water partition coefficient (Wildman–Crippen LogP) is 1.09. The molecule has 1 saturated heterocycles. The number of carboxylic acids is 1. The molecule has 2 aromatic carbocycles. The van der Waals surface area contributed by atoms with Gasteiger partial charge in [0.2, 0.25) is 15.8 Å². The van der Waals surface area contributed by atoms with Crippen LogP contribution in [0.25, 0.3) is 22.5 Å². The van der Waals surface area contributed by atoms with Crippen LogP contribution in [0.5, 0.6) is 0 Å². The van der Waals surface area contributed by atoms with Gasteiger partial charge in [0.15, 0.2) is 0 Å². The van der Waals surface area contributed by atoms with Gasteiger partial charge in [-0.05, 0) is 40.9 Å². The van der Waals surface area contributed by atoms with Crippen molar-refractivity contribution in [3.8, 4) is 22.5 Å². The number of primary sulfonamides is 1. The van der Waals surface area contributed by atoms with Crippen LogP contribution in [0.3, 0.4) is 0 Å². The Morgan fingerprint density at radius 2 is 2.00 bits per heavy atom. The van der Waals surface area contributed by atoms with Crippen molar-refractivity contribution < 1.29 is 18.3 Å². The summed E-state index contributed by atoms with van der Waals surface area (Å²) in [6, 6.07) is 12.4. The van der Waals surface area contributed by atoms with E-state index in [-0.39, 0.29) is 22.2 Å². The van der Waals surface area contributed by atoms with Gasteiger partial charge in [0, 0.05) is 13.1 Å². The van der Waals surface area contributed by atoms with Crippen molar-refractivity contribution in [2.45, 2.75) is 17.9 Å². The van der Waals surface area contributed by atoms with Crippen molar-refractivity contribution in [2.75, 3.05) is 13.1 Å². The van der Waals surface area contributed by atoms with E-state index >= 15 is 0 Å². The van der Waals surface area contributed by atoms with Gasteiger partial charge < -0.3 is 5.11 Å². The van der Waals surface area contributed by atoms with E-state index in [1.54, 1.807) is 12.1 Å². The average molecular weight is 428 g/mol. The van der Waals surface area contributed by atoms with Gasteiger partial charge in [0.1, 0.15) is 0 Å². The van der Waals surface area contributed by atoms with Crippen LogP contribution in [0.2, 0.25) is 0 Å². The van der Waals surface area contributed by atoms with Gasteiger partial charge in [0.25, 0.3) is 0 Å². The van der Waals surface area contributed by atoms with Gasteiger partial charge >= 0.3 is 5.97 Å². The van der Waals surface area contributed by atoms with E-state index in [1.807, 2.05) is 24.3 Å². The zero-order chi connectivity index (χ0) is 21.3. The average Bonchev–Trinajstić information content (AvgIpc) is 3.39. The molecule has 4 rings (SSSR count). The number of benzene rings is 2. The minimum atomic E-state index is -4.00. The molecule has 0 bridgehead atoms. The standard InChI is InChI=1S/C19H20N6O4S/c20-30(28,29)16-3-1-2-15(17(16)18-21-23-24-22-18)13-6-4-12(5-7-13)10-25-9-8-14(11-25)19(26)27/h1-7,14H,8-11H2,(H,26,27)(H2,20,28,29)(H,21,22,23,24). The lowest BCUT2D eigenvalue weighted by molar-refractivity contribution is -0.141. The third-order valence-corrected chi connectivity index (χ3v) is 6.15. The molecule has 2 heterocycles. The van der Waals surface area contributed by atoms with Crippen molar-refractivity contribution in [1.29, 1.82) is 0 Å². The summed E-state index contributed by atoms with van der Waals surface area (Å²) in [6.45, 7) is 1.94. The van der Waals surface area contributed by atoms with Gasteiger partial charge in [0.05, 0.1) is 16.4 Å². The number of tetrazole rings is 1. The van der Waals surface area contributed by atoms with E-state index in [9.17, 15) is 13.2 Å². The van der Waals surface area contributed by atoms with Crippen molar-refractivity contribution in [1.82, 2.24) is 25.5 Å². The van der Waals surface area contributed by atoms with Gasteiger partial charge in [-0.1, -0.05) is 36.4 Å². The summed E-state index contributed by atoms with van der Waals surface area (Å²) in [5, 5.41) is 28.3. The Morgan fingerprint density at radius 1 is 1.23 bits per heavy atom. The van der Waals surface area contributed by atoms with E-state index < -0.39 is 16.0 Å². The Kier molecular flexibility index (Phi) is 5.33. The fourth-order valence-electron chi connectivity index (χ4n) is 3.73. The van der Waals surface area contributed by atoms with Crippen LogP contribution in [0.4, 0.5) is 0 Å². The fourth-order valence-corrected chi connectivity index (χ4v) is 4.49. The van der Waals surface area contributed by atoms with Crippen molar-refractivity contribution in [3.05, 3.63) is 48.0 Å². The highest BCUT2D eigenvalue weighted by atomic mass is 32.2. The lowest BCUT2D eigenvalue weighted by Crippen LogP contribution is -2.22. The number of nitrogens with two attached hydrogens (primary N) is 1. The number of rotatable bonds is 6. The third-order valence-electron chi connectivity index (χ3n) is 5.19. The number of carboxylic acid groups (broad SMARTS) is 1. The first-order valence-electron chi connectivity index (χ1n) is 9.27. The molecule has 1 unspecified atom stereocenters. The second-order valence-corrected chi connectivity index (χ2v) is 8.74. The normalized spacial score (nSPS) is 17.3. The van der Waals surface area contributed by atoms with Crippen LogP contribution in [0, 0.1) is 5.92 Å². The van der Waals surface area contributed by atoms with Gasteiger partial charge in [-0.3, -0.25) is 9.69 Å². The lowest BCUT2D eigenvalue weighted by atomic mass is 9.98. The Bertz CT molecular complexity index is 1160. The number of aliphatic carboxylic acids is 1. The minimum Gasteiger partial charge on any atom is -0.481 e. The molecule has 0 amide bonds. The molecule has 0 spiro atoms. The third kappa shape index (κ3) is 4.08. The largest absolute Gasteiger partial charge is 0.481 e. The molecule has 0 saturated carbocycles. The van der Waals surface area contributed by atoms with E-state index in [0.29, 0.717) is 25.1 Å². The van der Waals surface area contributed by atoms with Crippen LogP contribution in [-0.4, -0.2) is 58.1 Å². The van der Waals surface area contributed by atoms with Gasteiger partial charge in [-0.25, -0.2) is 13.6 Å². The summed E-state index contributed by atoms with van der Waals surface area (Å²) in [6.07, 6.45) is 0.655. The number of carbonyl (C=O) groups is 1. The monoisotopic (exact) mass is 428 g/mol. The minimum absolute atomic E-state index is 0.0812. The zero-order valence-corrected chi connectivity index (χ0v) is 16.7. The molecule has 4 N–H and O–H groups in total. The maximum Gasteiger partial charge on any atom is 0.307 e. The maximum absolute atomic E-state index is 12.1. The summed E-state index contributed by atoms with van der Waals surface area (Å²) in [5.41, 5.74) is 2.70. The molecular formula is C19H20N6O4S. The summed E-state index contributed by atoms with van der Waals surface area (Å²) >= 11 is 0. The molecule has 11 heteroatoms. The molecule has 1 atom stereocenters. The zero-order valence-electron chi connectivity index (χ0n) is 15.9. The second-order valence-electron chi connectivity index (χ2n) is 7.22. The molecule has 156 valence electrons. The molecule has 30 heavy (non-hydrogen) atoms. The number of aromatic nitrogens is 4. The first-order valence-corrected chi connectivity index (χ1v) is 10.8. The number of aromatic amines is 1. The fraction of sp³-hybridized carbons (Fsp3) is 0.263. The number of nitrogens with one attached hydrogen (secondary N) is 1. The molecule has 1 aliphatic rings. The topological polar surface area (TPSA) is 155 Å². The predicted molar refractivity (Wildman–Crippen MR) is 107 cm³/mol. The van der Waals surface area contributed by atoms with E-state index in [2.05, 4.69) is 25.5 Å². The highest BCUT2D eigenvalue weighted by Gasteiger charge is 2.28. The Labute approximate surface area is 172 Å². The number of nitrogens with zero attached hydrogens (tertiary/aromatic N) is 4. The first-order chi connectivity index (χ1) is 14.3. The maximum atomic E-state index is 12.1. The summed E-state index contributed by atoms with van der Waals surface area (Å²) in [4.78, 5) is 13.2. The quantitative estimate of drug-likeness (QED) is 0.527. The number of hydrogen-bond acceptors (Lipinski definition) is 7.